The van der Waals surface area contributed by atoms with E-state index < -0.39 is 104 Å². The Balaban J connectivity index is 6.81. The molecule has 0 aromatic carbocycles. The fourth-order valence-corrected chi connectivity index (χ4v) is 4.51. The molecule has 0 aromatic rings. The van der Waals surface area contributed by atoms with Crippen molar-refractivity contribution in [2.75, 3.05) is 46.2 Å². The number of hydrogen-bond acceptors (Lipinski definition) is 18. The first-order chi connectivity index (χ1) is 30.2. The Morgan fingerprint density at radius 2 is 0.523 bits per heavy atom. The molecule has 0 amide bonds. The maximum Gasteiger partial charge on any atom is 0.333 e. The van der Waals surface area contributed by atoms with E-state index in [-0.39, 0.29) is 83.9 Å². The molecule has 5 atom stereocenters. The summed E-state index contributed by atoms with van der Waals surface area (Å²) in [7, 11) is 0. The fraction of sp³-hybridized carbons (Fsp3) is 0.489. The Morgan fingerprint density at radius 3 is 0.769 bits per heavy atom. The van der Waals surface area contributed by atoms with E-state index in [4.69, 9.17) is 47.4 Å². The van der Waals surface area contributed by atoms with Crippen molar-refractivity contribution in [3.8, 4) is 0 Å². The van der Waals surface area contributed by atoms with E-state index >= 15 is 0 Å². The van der Waals surface area contributed by atoms with Crippen LogP contribution in [0.3, 0.4) is 0 Å². The van der Waals surface area contributed by atoms with Gasteiger partial charge >= 0.3 is 47.8 Å². The molecule has 0 spiro atoms. The number of esters is 8. The Hall–Kier alpha value is -6.40. The molecule has 0 rings (SSSR count). The molecule has 0 aliphatic carbocycles. The molecule has 0 aliphatic rings. The van der Waals surface area contributed by atoms with Crippen molar-refractivity contribution in [2.45, 2.75) is 98.8 Å². The minimum absolute atomic E-state index is 0.00269. The Labute approximate surface area is 380 Å². The second-order valence-corrected chi connectivity index (χ2v) is 15.2. The normalized spacial score (nSPS) is 13.3. The molecule has 18 nitrogen and oxygen atoms in total. The van der Waals surface area contributed by atoms with Crippen LogP contribution in [0.25, 0.3) is 0 Å². The van der Waals surface area contributed by atoms with Gasteiger partial charge in [0.1, 0.15) is 38.1 Å². The molecule has 0 heterocycles. The maximum atomic E-state index is 12.9. The van der Waals surface area contributed by atoms with E-state index in [1.54, 1.807) is 0 Å². The van der Waals surface area contributed by atoms with E-state index in [0.29, 0.717) is 0 Å². The molecule has 0 aliphatic heterocycles. The molecule has 0 N–H and O–H groups in total. The number of rotatable bonds is 32. The van der Waals surface area contributed by atoms with Crippen LogP contribution in [0.15, 0.2) is 97.2 Å². The van der Waals surface area contributed by atoms with Crippen molar-refractivity contribution in [1.29, 1.82) is 0 Å². The highest BCUT2D eigenvalue weighted by molar-refractivity contribution is 5.90. The largest absolute Gasteiger partial charge is 0.458 e. The van der Waals surface area contributed by atoms with Crippen molar-refractivity contribution in [2.24, 2.45) is 5.92 Å². The van der Waals surface area contributed by atoms with Crippen LogP contribution >= 0.6 is 0 Å². The van der Waals surface area contributed by atoms with Crippen molar-refractivity contribution < 1.29 is 85.7 Å². The third-order valence-corrected chi connectivity index (χ3v) is 8.33. The number of carbonyl (C=O) groups is 8. The third kappa shape index (κ3) is 23.7. The highest BCUT2D eigenvalue weighted by atomic mass is 16.6. The first-order valence-electron chi connectivity index (χ1n) is 20.2. The summed E-state index contributed by atoms with van der Waals surface area (Å²) in [6.45, 7) is 37.1. The lowest BCUT2D eigenvalue weighted by Crippen LogP contribution is -2.41. The van der Waals surface area contributed by atoms with Crippen LogP contribution in [0.5, 0.6) is 0 Å². The van der Waals surface area contributed by atoms with Gasteiger partial charge in [0.2, 0.25) is 0 Å². The van der Waals surface area contributed by atoms with Crippen LogP contribution in [0.1, 0.15) is 68.2 Å². The minimum Gasteiger partial charge on any atom is -0.458 e. The quantitative estimate of drug-likeness (QED) is 0.0365. The fourth-order valence-electron chi connectivity index (χ4n) is 4.51. The van der Waals surface area contributed by atoms with Crippen molar-refractivity contribution >= 4 is 47.8 Å². The van der Waals surface area contributed by atoms with Gasteiger partial charge in [0.15, 0.2) is 12.2 Å². The lowest BCUT2D eigenvalue weighted by atomic mass is 10.0. The van der Waals surface area contributed by atoms with Crippen LogP contribution in [0.4, 0.5) is 0 Å². The predicted molar refractivity (Wildman–Crippen MR) is 235 cm³/mol. The van der Waals surface area contributed by atoms with Gasteiger partial charge in [0, 0.05) is 63.3 Å². The minimum atomic E-state index is -1.35. The van der Waals surface area contributed by atoms with Crippen molar-refractivity contribution in [3.63, 3.8) is 0 Å². The summed E-state index contributed by atoms with van der Waals surface area (Å²) >= 11 is 0. The molecule has 0 radical (unpaired) electrons. The molecule has 18 heteroatoms. The monoisotopic (exact) mass is 916 g/mol. The van der Waals surface area contributed by atoms with Crippen molar-refractivity contribution in [3.05, 3.63) is 97.2 Å². The van der Waals surface area contributed by atoms with Gasteiger partial charge in [0.05, 0.1) is 26.4 Å². The van der Waals surface area contributed by atoms with Crippen molar-refractivity contribution in [1.82, 2.24) is 0 Å². The topological polar surface area (TPSA) is 229 Å². The standard InChI is InChI=1S/C47H64O18/c1-26(2)40(48)58-23-37(63-45(53)31(11)12)34(21-56-19-17-35(61-43(51)29(7)8)38(64-46(54)32(13)14)24-59-41(49)27(3)4)22-57-20-18-36(62-44(52)30(9)10)39(65-47(55)33(15)16)25-60-42(50)28(5)6/h34-39H,1,3,5,7,9,11,13,15,17-25H2,2,4,6,8,10,12,14,16H3. The van der Waals surface area contributed by atoms with Gasteiger partial charge in [-0.2, -0.15) is 0 Å². The second kappa shape index (κ2) is 29.9. The molecule has 0 bridgehead atoms. The molecule has 0 saturated heterocycles. The Bertz CT molecular complexity index is 1770. The average molecular weight is 917 g/mol. The smallest absolute Gasteiger partial charge is 0.333 e. The summed E-state index contributed by atoms with van der Waals surface area (Å²) in [5.41, 5.74) is 0.188. The van der Waals surface area contributed by atoms with Crippen LogP contribution in [-0.4, -0.2) is 125 Å². The van der Waals surface area contributed by atoms with Crippen LogP contribution < -0.4 is 0 Å². The van der Waals surface area contributed by atoms with Crippen LogP contribution in [-0.2, 0) is 85.7 Å². The number of ether oxygens (including phenoxy) is 10. The Kier molecular flexibility index (Phi) is 26.9. The molecule has 5 unspecified atom stereocenters. The average Bonchev–Trinajstić information content (AvgIpc) is 3.22. The molecule has 0 aromatic heterocycles. The third-order valence-electron chi connectivity index (χ3n) is 8.33. The zero-order chi connectivity index (χ0) is 50.1. The van der Waals surface area contributed by atoms with E-state index in [0.717, 1.165) is 0 Å². The van der Waals surface area contributed by atoms with Gasteiger partial charge in [-0.1, -0.05) is 52.6 Å². The van der Waals surface area contributed by atoms with E-state index in [9.17, 15) is 38.4 Å². The summed E-state index contributed by atoms with van der Waals surface area (Å²) in [4.78, 5) is 101. The summed E-state index contributed by atoms with van der Waals surface area (Å²) in [6, 6.07) is 0. The zero-order valence-electron chi connectivity index (χ0n) is 38.8. The summed E-state index contributed by atoms with van der Waals surface area (Å²) in [6.07, 6.45) is -6.82. The maximum absolute atomic E-state index is 12.9. The van der Waals surface area contributed by atoms with E-state index in [2.05, 4.69) is 52.6 Å². The predicted octanol–water partition coefficient (Wildman–Crippen LogP) is 5.21. The van der Waals surface area contributed by atoms with Gasteiger partial charge in [-0.05, 0) is 55.4 Å². The molecule has 0 fully saturated rings. The van der Waals surface area contributed by atoms with Gasteiger partial charge in [-0.25, -0.2) is 38.4 Å². The summed E-state index contributed by atoms with van der Waals surface area (Å²) < 4.78 is 55.7. The van der Waals surface area contributed by atoms with Gasteiger partial charge in [-0.3, -0.25) is 0 Å². The highest BCUT2D eigenvalue weighted by Gasteiger charge is 2.34. The second-order valence-electron chi connectivity index (χ2n) is 15.2. The first-order valence-corrected chi connectivity index (χ1v) is 20.2. The van der Waals surface area contributed by atoms with Gasteiger partial charge in [0.25, 0.3) is 0 Å². The molecule has 65 heavy (non-hydrogen) atoms. The van der Waals surface area contributed by atoms with E-state index in [1.165, 1.54) is 55.4 Å². The summed E-state index contributed by atoms with van der Waals surface area (Å²) in [5, 5.41) is 0. The molecular formula is C47H64O18. The molecule has 360 valence electrons. The van der Waals surface area contributed by atoms with Gasteiger partial charge in [-0.15, -0.1) is 0 Å². The first kappa shape index (κ1) is 58.6. The number of hydrogen-bond donors (Lipinski definition) is 0. The summed E-state index contributed by atoms with van der Waals surface area (Å²) in [5.74, 6) is -7.63. The van der Waals surface area contributed by atoms with Crippen LogP contribution in [0, 0.1) is 5.92 Å². The zero-order valence-corrected chi connectivity index (χ0v) is 38.8. The number of carbonyl (C=O) groups excluding carboxylic acids is 8. The lowest BCUT2D eigenvalue weighted by Gasteiger charge is -2.29. The molecular weight excluding hydrogens is 852 g/mol. The Morgan fingerprint density at radius 1 is 0.308 bits per heavy atom. The SMILES string of the molecule is C=C(C)C(=O)OCC(OC(=O)C(=C)C)C(COCCC(OC(=O)C(=C)C)C(COC(=O)C(=C)C)OC(=O)C(=C)C)COCCC(OC(=O)C(=C)C)C(COC(=O)C(=C)C)OC(=O)C(=C)C. The lowest BCUT2D eigenvalue weighted by molar-refractivity contribution is -0.173. The van der Waals surface area contributed by atoms with E-state index in [1.807, 2.05) is 0 Å². The molecule has 0 saturated carbocycles. The van der Waals surface area contributed by atoms with Crippen LogP contribution in [0.2, 0.25) is 0 Å². The highest BCUT2D eigenvalue weighted by Crippen LogP contribution is 2.20. The van der Waals surface area contributed by atoms with Gasteiger partial charge < -0.3 is 47.4 Å².